The summed E-state index contributed by atoms with van der Waals surface area (Å²) in [5.41, 5.74) is 3.30. The number of amides is 1. The van der Waals surface area contributed by atoms with Crippen molar-refractivity contribution in [2.24, 2.45) is 5.92 Å². The van der Waals surface area contributed by atoms with Crippen LogP contribution in [0.4, 0.5) is 5.69 Å². The lowest BCUT2D eigenvalue weighted by Gasteiger charge is -2.24. The number of aromatic nitrogens is 1. The van der Waals surface area contributed by atoms with Gasteiger partial charge >= 0.3 is 5.97 Å². The van der Waals surface area contributed by atoms with Gasteiger partial charge in [0.2, 0.25) is 10.0 Å². The lowest BCUT2D eigenvalue weighted by molar-refractivity contribution is -0.119. The molecule has 3 aromatic rings. The molecule has 1 aliphatic carbocycles. The molecule has 0 spiro atoms. The molecule has 0 bridgehead atoms. The van der Waals surface area contributed by atoms with Crippen molar-refractivity contribution in [1.29, 1.82) is 0 Å². The molecule has 0 aliphatic heterocycles. The summed E-state index contributed by atoms with van der Waals surface area (Å²) in [7, 11) is -0.775. The number of carbonyl (C=O) groups excluding carboxylic acids is 2. The van der Waals surface area contributed by atoms with E-state index in [0.717, 1.165) is 40.3 Å². The summed E-state index contributed by atoms with van der Waals surface area (Å²) in [6, 6.07) is 13.4. The number of ether oxygens (including phenoxy) is 1. The number of nitrogens with one attached hydrogen (secondary N) is 1. The van der Waals surface area contributed by atoms with Crippen molar-refractivity contribution in [2.75, 3.05) is 26.0 Å². The lowest BCUT2D eigenvalue weighted by atomic mass is 9.84. The molecule has 1 atom stereocenters. The van der Waals surface area contributed by atoms with Crippen LogP contribution in [0.25, 0.3) is 10.9 Å². The Kier molecular flexibility index (Phi) is 6.67. The fourth-order valence-electron chi connectivity index (χ4n) is 4.14. The molecule has 2 aromatic carbocycles. The third-order valence-electron chi connectivity index (χ3n) is 5.94. The fourth-order valence-corrected chi connectivity index (χ4v) is 5.09. The van der Waals surface area contributed by atoms with Gasteiger partial charge in [-0.15, -0.1) is 0 Å². The van der Waals surface area contributed by atoms with Crippen molar-refractivity contribution >= 4 is 38.5 Å². The zero-order valence-electron chi connectivity index (χ0n) is 19.4. The Bertz CT molecular complexity index is 1370. The first kappa shape index (κ1) is 23.8. The fraction of sp³-hybridized carbons (Fsp3) is 0.320. The van der Waals surface area contributed by atoms with E-state index < -0.39 is 28.5 Å². The van der Waals surface area contributed by atoms with Gasteiger partial charge in [-0.2, -0.15) is 0 Å². The van der Waals surface area contributed by atoms with Gasteiger partial charge in [0.05, 0.1) is 16.0 Å². The number of para-hydroxylation sites is 1. The maximum Gasteiger partial charge on any atom is 0.339 e. The van der Waals surface area contributed by atoms with Crippen LogP contribution >= 0.6 is 0 Å². The number of hydrogen-bond acceptors (Lipinski definition) is 6. The SMILES string of the molecule is CC1CCc2nc3ccccc3c(C(=O)OCC(=O)Nc3cccc(S(=O)(=O)N(C)C)c3)c2C1. The summed E-state index contributed by atoms with van der Waals surface area (Å²) in [5.74, 6) is -0.701. The van der Waals surface area contributed by atoms with Gasteiger partial charge in [0.1, 0.15) is 0 Å². The van der Waals surface area contributed by atoms with Gasteiger partial charge in [-0.05, 0) is 55.0 Å². The average molecular weight is 482 g/mol. The first-order valence-corrected chi connectivity index (χ1v) is 12.5. The first-order chi connectivity index (χ1) is 16.2. The molecule has 1 amide bonds. The predicted molar refractivity (Wildman–Crippen MR) is 129 cm³/mol. The molecule has 0 saturated heterocycles. The van der Waals surface area contributed by atoms with Crippen LogP contribution in [-0.4, -0.2) is 50.3 Å². The van der Waals surface area contributed by atoms with Crippen molar-refractivity contribution < 1.29 is 22.7 Å². The molecule has 0 fully saturated rings. The van der Waals surface area contributed by atoms with Crippen LogP contribution < -0.4 is 5.32 Å². The standard InChI is InChI=1S/C25H27N3O5S/c1-16-11-12-22-20(13-16)24(19-9-4-5-10-21(19)27-22)25(30)33-15-23(29)26-17-7-6-8-18(14-17)34(31,32)28(2)3/h4-10,14,16H,11-13,15H2,1-3H3,(H,26,29). The van der Waals surface area contributed by atoms with Gasteiger partial charge in [-0.25, -0.2) is 17.5 Å². The van der Waals surface area contributed by atoms with Crippen LogP contribution in [0.2, 0.25) is 0 Å². The molecule has 1 heterocycles. The highest BCUT2D eigenvalue weighted by Gasteiger charge is 2.26. The Morgan fingerprint density at radius 2 is 1.91 bits per heavy atom. The molecular weight excluding hydrogens is 454 g/mol. The topological polar surface area (TPSA) is 106 Å². The van der Waals surface area contributed by atoms with Gasteiger partial charge in [0, 0.05) is 30.9 Å². The average Bonchev–Trinajstić information content (AvgIpc) is 2.81. The van der Waals surface area contributed by atoms with Crippen molar-refractivity contribution in [2.45, 2.75) is 31.1 Å². The normalized spacial score (nSPS) is 15.7. The molecular formula is C25H27N3O5S. The third-order valence-corrected chi connectivity index (χ3v) is 7.75. The minimum absolute atomic E-state index is 0.0521. The van der Waals surface area contributed by atoms with Crippen LogP contribution in [0, 0.1) is 5.92 Å². The van der Waals surface area contributed by atoms with Crippen molar-refractivity contribution in [3.63, 3.8) is 0 Å². The van der Waals surface area contributed by atoms with E-state index in [4.69, 9.17) is 9.72 Å². The highest BCUT2D eigenvalue weighted by atomic mass is 32.2. The summed E-state index contributed by atoms with van der Waals surface area (Å²) in [6.07, 6.45) is 2.54. The van der Waals surface area contributed by atoms with Crippen LogP contribution in [0.15, 0.2) is 53.4 Å². The molecule has 1 N–H and O–H groups in total. The zero-order valence-corrected chi connectivity index (χ0v) is 20.2. The van der Waals surface area contributed by atoms with Gasteiger partial charge in [-0.1, -0.05) is 31.2 Å². The van der Waals surface area contributed by atoms with E-state index in [1.54, 1.807) is 6.07 Å². The van der Waals surface area contributed by atoms with Crippen LogP contribution in [0.5, 0.6) is 0 Å². The van der Waals surface area contributed by atoms with E-state index in [9.17, 15) is 18.0 Å². The zero-order chi connectivity index (χ0) is 24.5. The number of pyridine rings is 1. The van der Waals surface area contributed by atoms with E-state index in [-0.39, 0.29) is 4.90 Å². The number of aryl methyl sites for hydroxylation is 1. The number of rotatable bonds is 6. The van der Waals surface area contributed by atoms with Gasteiger partial charge in [0.15, 0.2) is 6.61 Å². The van der Waals surface area contributed by atoms with Crippen LogP contribution in [-0.2, 0) is 32.4 Å². The molecule has 0 radical (unpaired) electrons. The molecule has 9 heteroatoms. The molecule has 8 nitrogen and oxygen atoms in total. The lowest BCUT2D eigenvalue weighted by Crippen LogP contribution is -2.24. The van der Waals surface area contributed by atoms with Crippen molar-refractivity contribution in [3.05, 3.63) is 65.4 Å². The number of carbonyl (C=O) groups is 2. The smallest absolute Gasteiger partial charge is 0.339 e. The molecule has 0 saturated carbocycles. The summed E-state index contributed by atoms with van der Waals surface area (Å²) in [6.45, 7) is 1.65. The van der Waals surface area contributed by atoms with Gasteiger partial charge < -0.3 is 10.1 Å². The number of hydrogen-bond donors (Lipinski definition) is 1. The van der Waals surface area contributed by atoms with Crippen LogP contribution in [0.1, 0.15) is 35.0 Å². The molecule has 1 aromatic heterocycles. The van der Waals surface area contributed by atoms with Crippen molar-refractivity contribution in [1.82, 2.24) is 9.29 Å². The van der Waals surface area contributed by atoms with Gasteiger partial charge in [-0.3, -0.25) is 9.78 Å². The minimum Gasteiger partial charge on any atom is -0.452 e. The highest BCUT2D eigenvalue weighted by Crippen LogP contribution is 2.32. The second kappa shape index (κ2) is 9.52. The number of fused-ring (bicyclic) bond motifs is 2. The van der Waals surface area contributed by atoms with E-state index in [1.807, 2.05) is 24.3 Å². The number of anilines is 1. The van der Waals surface area contributed by atoms with Crippen molar-refractivity contribution in [3.8, 4) is 0 Å². The second-order valence-corrected chi connectivity index (χ2v) is 10.9. The van der Waals surface area contributed by atoms with E-state index >= 15 is 0 Å². The Hall–Kier alpha value is -3.30. The number of sulfonamides is 1. The first-order valence-electron chi connectivity index (χ1n) is 11.1. The Morgan fingerprint density at radius 3 is 2.68 bits per heavy atom. The monoisotopic (exact) mass is 481 g/mol. The molecule has 34 heavy (non-hydrogen) atoms. The Balaban J connectivity index is 1.52. The van der Waals surface area contributed by atoms with Gasteiger partial charge in [0.25, 0.3) is 5.91 Å². The number of benzene rings is 2. The minimum atomic E-state index is -3.64. The quantitative estimate of drug-likeness (QED) is 0.541. The third kappa shape index (κ3) is 4.80. The molecule has 1 unspecified atom stereocenters. The molecule has 178 valence electrons. The maximum atomic E-state index is 13.1. The summed E-state index contributed by atoms with van der Waals surface area (Å²) >= 11 is 0. The predicted octanol–water partition coefficient (Wildman–Crippen LogP) is 3.41. The highest BCUT2D eigenvalue weighted by molar-refractivity contribution is 7.89. The molecule has 4 rings (SSSR count). The van der Waals surface area contributed by atoms with E-state index in [1.165, 1.54) is 32.3 Å². The van der Waals surface area contributed by atoms with E-state index in [2.05, 4.69) is 12.2 Å². The van der Waals surface area contributed by atoms with E-state index in [0.29, 0.717) is 22.6 Å². The summed E-state index contributed by atoms with van der Waals surface area (Å²) in [5, 5.41) is 3.31. The largest absolute Gasteiger partial charge is 0.452 e. The maximum absolute atomic E-state index is 13.1. The molecule has 1 aliphatic rings. The number of nitrogens with zero attached hydrogens (tertiary/aromatic N) is 2. The van der Waals surface area contributed by atoms with Crippen LogP contribution in [0.3, 0.4) is 0 Å². The second-order valence-electron chi connectivity index (χ2n) is 8.72. The summed E-state index contributed by atoms with van der Waals surface area (Å²) in [4.78, 5) is 30.4. The summed E-state index contributed by atoms with van der Waals surface area (Å²) < 4.78 is 31.2. The number of esters is 1. The Morgan fingerprint density at radius 1 is 1.15 bits per heavy atom. The Labute approximate surface area is 199 Å².